The summed E-state index contributed by atoms with van der Waals surface area (Å²) in [6, 6.07) is 9.04. The lowest BCUT2D eigenvalue weighted by Gasteiger charge is -2.13. The van der Waals surface area contributed by atoms with Gasteiger partial charge in [-0.15, -0.1) is 11.3 Å². The van der Waals surface area contributed by atoms with Gasteiger partial charge in [-0.25, -0.2) is 8.42 Å². The van der Waals surface area contributed by atoms with Crippen molar-refractivity contribution in [2.75, 3.05) is 32.2 Å². The maximum atomic E-state index is 12.2. The number of aliphatic hydroxyl groups excluding tert-OH is 1. The average Bonchev–Trinajstić information content (AvgIpc) is 3.37. The molecule has 0 saturated carbocycles. The summed E-state index contributed by atoms with van der Waals surface area (Å²) in [6.45, 7) is 3.45. The number of nitrogens with zero attached hydrogens (tertiary/aromatic N) is 1. The van der Waals surface area contributed by atoms with Gasteiger partial charge in [-0.05, 0) is 42.5 Å². The fourth-order valence-corrected chi connectivity index (χ4v) is 5.26. The number of benzene rings is 1. The Balaban J connectivity index is 1.50. The van der Waals surface area contributed by atoms with Crippen LogP contribution in [0.2, 0.25) is 0 Å². The van der Waals surface area contributed by atoms with Crippen molar-refractivity contribution >= 4 is 27.1 Å². The molecule has 1 unspecified atom stereocenters. The number of aliphatic imine (C=N–C) groups is 1. The van der Waals surface area contributed by atoms with Gasteiger partial charge in [0.2, 0.25) is 6.79 Å². The Morgan fingerprint density at radius 1 is 1.28 bits per heavy atom. The van der Waals surface area contributed by atoms with Gasteiger partial charge in [-0.3, -0.25) is 4.99 Å². The van der Waals surface area contributed by atoms with Crippen molar-refractivity contribution in [3.8, 4) is 11.5 Å². The van der Waals surface area contributed by atoms with Crippen LogP contribution in [-0.4, -0.2) is 57.8 Å². The van der Waals surface area contributed by atoms with Gasteiger partial charge in [-0.2, -0.15) is 0 Å². The largest absolute Gasteiger partial charge is 0.454 e. The second kappa shape index (κ2) is 9.95. The van der Waals surface area contributed by atoms with Crippen LogP contribution in [0, 0.1) is 0 Å². The van der Waals surface area contributed by atoms with Crippen LogP contribution >= 0.6 is 11.3 Å². The fraction of sp³-hybridized carbons (Fsp3) is 0.421. The molecule has 1 atom stereocenters. The summed E-state index contributed by atoms with van der Waals surface area (Å²) in [5, 5.41) is 18.1. The number of rotatable bonds is 9. The van der Waals surface area contributed by atoms with Gasteiger partial charge in [0.1, 0.15) is 4.21 Å². The molecule has 3 rings (SSSR count). The molecule has 3 N–H and O–H groups in total. The van der Waals surface area contributed by atoms with Gasteiger partial charge in [0, 0.05) is 13.1 Å². The molecule has 0 fully saturated rings. The van der Waals surface area contributed by atoms with Crippen molar-refractivity contribution in [1.29, 1.82) is 0 Å². The number of fused-ring (bicyclic) bond motifs is 1. The maximum Gasteiger partial charge on any atom is 0.231 e. The fourth-order valence-electron chi connectivity index (χ4n) is 2.79. The van der Waals surface area contributed by atoms with Crippen LogP contribution in [0.3, 0.4) is 0 Å². The summed E-state index contributed by atoms with van der Waals surface area (Å²) in [7, 11) is -3.50. The molecule has 0 amide bonds. The minimum atomic E-state index is -3.50. The number of sulfone groups is 1. The molecule has 2 aromatic rings. The molecule has 10 heteroatoms. The third-order valence-electron chi connectivity index (χ3n) is 4.16. The number of hydrogen-bond acceptors (Lipinski definition) is 7. The molecule has 1 aliphatic heterocycles. The second-order valence-electron chi connectivity index (χ2n) is 6.45. The quantitative estimate of drug-likeness (QED) is 0.400. The Hall–Kier alpha value is -2.30. The molecule has 0 radical (unpaired) electrons. The van der Waals surface area contributed by atoms with Crippen LogP contribution in [0.25, 0.3) is 0 Å². The predicted molar refractivity (Wildman–Crippen MR) is 113 cm³/mol. The first-order valence-electron chi connectivity index (χ1n) is 9.33. The molecule has 0 bridgehead atoms. The zero-order valence-corrected chi connectivity index (χ0v) is 17.8. The first-order valence-corrected chi connectivity index (χ1v) is 11.9. The lowest BCUT2D eigenvalue weighted by molar-refractivity contribution is 0.174. The minimum absolute atomic E-state index is 0.00996. The van der Waals surface area contributed by atoms with Crippen molar-refractivity contribution < 1.29 is 23.0 Å². The first-order chi connectivity index (χ1) is 14.0. The van der Waals surface area contributed by atoms with Gasteiger partial charge in [0.05, 0.1) is 18.4 Å². The zero-order valence-electron chi connectivity index (χ0n) is 16.1. The van der Waals surface area contributed by atoms with E-state index in [1.165, 1.54) is 6.07 Å². The van der Waals surface area contributed by atoms with E-state index in [1.54, 1.807) is 11.4 Å². The van der Waals surface area contributed by atoms with Crippen LogP contribution in [0.5, 0.6) is 11.5 Å². The molecule has 158 valence electrons. The molecule has 2 heterocycles. The summed E-state index contributed by atoms with van der Waals surface area (Å²) in [5.74, 6) is 1.68. The highest BCUT2D eigenvalue weighted by molar-refractivity contribution is 7.93. The Morgan fingerprint density at radius 3 is 2.86 bits per heavy atom. The van der Waals surface area contributed by atoms with Crippen LogP contribution < -0.4 is 20.1 Å². The molecule has 1 aromatic carbocycles. The average molecular weight is 440 g/mol. The van der Waals surface area contributed by atoms with Crippen LogP contribution in [0.4, 0.5) is 0 Å². The maximum absolute atomic E-state index is 12.2. The van der Waals surface area contributed by atoms with E-state index in [1.807, 2.05) is 25.1 Å². The Bertz CT molecular complexity index is 929. The Kier molecular flexibility index (Phi) is 7.34. The van der Waals surface area contributed by atoms with E-state index in [0.29, 0.717) is 19.0 Å². The highest BCUT2D eigenvalue weighted by Crippen LogP contribution is 2.32. The highest BCUT2D eigenvalue weighted by atomic mass is 32.2. The summed E-state index contributed by atoms with van der Waals surface area (Å²) in [6.07, 6.45) is -0.331. The molecule has 0 saturated heterocycles. The van der Waals surface area contributed by atoms with E-state index in [9.17, 15) is 13.5 Å². The topological polar surface area (TPSA) is 109 Å². The number of thiophene rings is 1. The lowest BCUT2D eigenvalue weighted by Crippen LogP contribution is -2.39. The van der Waals surface area contributed by atoms with E-state index in [-0.39, 0.29) is 23.3 Å². The van der Waals surface area contributed by atoms with Gasteiger partial charge in [-0.1, -0.05) is 12.1 Å². The molecule has 0 spiro atoms. The molecular weight excluding hydrogens is 414 g/mol. The molecule has 0 aliphatic carbocycles. The zero-order chi connectivity index (χ0) is 20.7. The third-order valence-corrected chi connectivity index (χ3v) is 7.45. The summed E-state index contributed by atoms with van der Waals surface area (Å²) >= 11 is 1.14. The van der Waals surface area contributed by atoms with Crippen LogP contribution in [0.15, 0.2) is 44.9 Å². The van der Waals surface area contributed by atoms with Gasteiger partial charge in [0.15, 0.2) is 27.3 Å². The predicted octanol–water partition coefficient (Wildman–Crippen LogP) is 1.41. The van der Waals surface area contributed by atoms with Crippen molar-refractivity contribution in [3.05, 3.63) is 41.3 Å². The van der Waals surface area contributed by atoms with Crippen LogP contribution in [-0.2, 0) is 16.3 Å². The molecule has 29 heavy (non-hydrogen) atoms. The molecule has 1 aromatic heterocycles. The second-order valence-corrected chi connectivity index (χ2v) is 9.66. The van der Waals surface area contributed by atoms with E-state index in [2.05, 4.69) is 15.6 Å². The minimum Gasteiger partial charge on any atom is -0.454 e. The number of guanidine groups is 1. The standard InChI is InChI=1S/C19H25N3O5S2/c1-2-20-19(21-8-7-14-5-6-16-17(10-14)27-13-26-16)22-11-15(23)12-29(24,25)18-4-3-9-28-18/h3-6,9-10,15,23H,2,7-8,11-13H2,1H3,(H2,20,21,22). The monoisotopic (exact) mass is 439 g/mol. The smallest absolute Gasteiger partial charge is 0.231 e. The van der Waals surface area contributed by atoms with E-state index in [4.69, 9.17) is 9.47 Å². The Labute approximate surface area is 174 Å². The van der Waals surface area contributed by atoms with Gasteiger partial charge in [0.25, 0.3) is 0 Å². The van der Waals surface area contributed by atoms with Crippen molar-refractivity contribution in [3.63, 3.8) is 0 Å². The number of ether oxygens (including phenoxy) is 2. The summed E-state index contributed by atoms with van der Waals surface area (Å²) < 4.78 is 35.4. The first kappa shape index (κ1) is 21.4. The van der Waals surface area contributed by atoms with Crippen LogP contribution in [0.1, 0.15) is 12.5 Å². The van der Waals surface area contributed by atoms with Crippen molar-refractivity contribution in [2.24, 2.45) is 4.99 Å². The third kappa shape index (κ3) is 6.09. The number of hydrogen-bond donors (Lipinski definition) is 3. The summed E-state index contributed by atoms with van der Waals surface area (Å²) in [4.78, 5) is 4.31. The van der Waals surface area contributed by atoms with E-state index >= 15 is 0 Å². The Morgan fingerprint density at radius 2 is 2.10 bits per heavy atom. The molecule has 8 nitrogen and oxygen atoms in total. The number of aliphatic hydroxyl groups is 1. The van der Waals surface area contributed by atoms with Crippen molar-refractivity contribution in [1.82, 2.24) is 10.6 Å². The van der Waals surface area contributed by atoms with E-state index < -0.39 is 15.9 Å². The lowest BCUT2D eigenvalue weighted by atomic mass is 10.1. The number of nitrogens with one attached hydrogen (secondary N) is 2. The highest BCUT2D eigenvalue weighted by Gasteiger charge is 2.20. The SMILES string of the molecule is CCNC(=NCC(O)CS(=O)(=O)c1cccs1)NCCc1ccc2c(c1)OCO2. The molecular formula is C19H25N3O5S2. The van der Waals surface area contributed by atoms with E-state index in [0.717, 1.165) is 34.8 Å². The normalized spacial score (nSPS) is 14.6. The van der Waals surface area contributed by atoms with Crippen molar-refractivity contribution in [2.45, 2.75) is 23.7 Å². The van der Waals surface area contributed by atoms with Gasteiger partial charge < -0.3 is 25.2 Å². The molecule has 1 aliphatic rings. The van der Waals surface area contributed by atoms with Gasteiger partial charge >= 0.3 is 0 Å². The summed E-state index contributed by atoms with van der Waals surface area (Å²) in [5.41, 5.74) is 1.10.